The lowest BCUT2D eigenvalue weighted by atomic mass is 9.95. The summed E-state index contributed by atoms with van der Waals surface area (Å²) in [5.74, 6) is 1.69. The molecule has 2 aliphatic rings. The highest BCUT2D eigenvalue weighted by atomic mass is 16.5. The van der Waals surface area contributed by atoms with Crippen molar-refractivity contribution < 1.29 is 9.53 Å². The van der Waals surface area contributed by atoms with Gasteiger partial charge in [0.1, 0.15) is 0 Å². The number of nitrogens with zero attached hydrogens (tertiary/aromatic N) is 4. The third-order valence-corrected chi connectivity index (χ3v) is 5.29. The zero-order valence-electron chi connectivity index (χ0n) is 16.0. The van der Waals surface area contributed by atoms with E-state index >= 15 is 0 Å². The molecule has 6 heteroatoms. The number of ether oxygens (including phenoxy) is 1. The number of piperidine rings is 1. The molecule has 2 aromatic rings. The quantitative estimate of drug-likeness (QED) is 0.832. The van der Waals surface area contributed by atoms with Crippen molar-refractivity contribution in [3.8, 4) is 5.88 Å². The van der Waals surface area contributed by atoms with Gasteiger partial charge in [-0.25, -0.2) is 9.97 Å². The summed E-state index contributed by atoms with van der Waals surface area (Å²) in [6, 6.07) is 8.24. The zero-order valence-corrected chi connectivity index (χ0v) is 16.0. The van der Waals surface area contributed by atoms with E-state index in [1.807, 2.05) is 30.9 Å². The van der Waals surface area contributed by atoms with Gasteiger partial charge in [0, 0.05) is 43.6 Å². The Balaban J connectivity index is 1.42. The number of rotatable bonds is 4. The molecular formula is C21H26N4O2. The smallest absolute Gasteiger partial charge is 0.257 e. The van der Waals surface area contributed by atoms with Crippen LogP contribution in [0.1, 0.15) is 32.3 Å². The maximum atomic E-state index is 13.1. The molecule has 2 aliphatic heterocycles. The Morgan fingerprint density at radius 3 is 2.63 bits per heavy atom. The lowest BCUT2D eigenvalue weighted by Gasteiger charge is -2.34. The van der Waals surface area contributed by atoms with Crippen molar-refractivity contribution in [3.05, 3.63) is 42.2 Å². The summed E-state index contributed by atoms with van der Waals surface area (Å²) in [6.07, 6.45) is 6.01. The zero-order chi connectivity index (χ0) is 18.8. The first-order valence-electron chi connectivity index (χ1n) is 9.75. The summed E-state index contributed by atoms with van der Waals surface area (Å²) in [5.41, 5.74) is 2.37. The van der Waals surface area contributed by atoms with E-state index in [-0.39, 0.29) is 17.9 Å². The highest BCUT2D eigenvalue weighted by molar-refractivity contribution is 5.97. The number of hydrogen-bond acceptors (Lipinski definition) is 5. The highest BCUT2D eigenvalue weighted by Crippen LogP contribution is 2.33. The second-order valence-electron chi connectivity index (χ2n) is 7.48. The SMILES string of the molecule is CC(C)Oc1nccnc1N1CCC(C(=O)N2CCc3ccccc32)CC1. The number of hydrogen-bond donors (Lipinski definition) is 0. The van der Waals surface area contributed by atoms with Gasteiger partial charge in [-0.1, -0.05) is 18.2 Å². The topological polar surface area (TPSA) is 58.6 Å². The van der Waals surface area contributed by atoms with E-state index in [1.165, 1.54) is 5.56 Å². The van der Waals surface area contributed by atoms with Crippen LogP contribution in [0.5, 0.6) is 5.88 Å². The molecule has 1 amide bonds. The van der Waals surface area contributed by atoms with Crippen molar-refractivity contribution in [2.75, 3.05) is 29.4 Å². The van der Waals surface area contributed by atoms with Crippen LogP contribution in [-0.4, -0.2) is 41.6 Å². The molecule has 1 aromatic heterocycles. The molecule has 4 rings (SSSR count). The number of aromatic nitrogens is 2. The normalized spacial score (nSPS) is 17.3. The summed E-state index contributed by atoms with van der Waals surface area (Å²) in [7, 11) is 0. The van der Waals surface area contributed by atoms with Gasteiger partial charge in [0.25, 0.3) is 5.88 Å². The average molecular weight is 366 g/mol. The van der Waals surface area contributed by atoms with Crippen molar-refractivity contribution in [1.82, 2.24) is 9.97 Å². The first-order chi connectivity index (χ1) is 13.1. The largest absolute Gasteiger partial charge is 0.472 e. The Morgan fingerprint density at radius 1 is 1.11 bits per heavy atom. The van der Waals surface area contributed by atoms with Crippen LogP contribution in [-0.2, 0) is 11.2 Å². The van der Waals surface area contributed by atoms with Crippen molar-refractivity contribution in [2.45, 2.75) is 39.2 Å². The molecule has 142 valence electrons. The Morgan fingerprint density at radius 2 is 1.85 bits per heavy atom. The average Bonchev–Trinajstić information content (AvgIpc) is 3.12. The summed E-state index contributed by atoms with van der Waals surface area (Å²) in [5, 5.41) is 0. The van der Waals surface area contributed by atoms with E-state index in [2.05, 4.69) is 27.0 Å². The monoisotopic (exact) mass is 366 g/mol. The minimum atomic E-state index is 0.0507. The maximum Gasteiger partial charge on any atom is 0.257 e. The molecule has 0 saturated carbocycles. The third-order valence-electron chi connectivity index (χ3n) is 5.29. The predicted octanol–water partition coefficient (Wildman–Crippen LogP) is 3.07. The lowest BCUT2D eigenvalue weighted by molar-refractivity contribution is -0.122. The van der Waals surface area contributed by atoms with Crippen molar-refractivity contribution >= 4 is 17.4 Å². The van der Waals surface area contributed by atoms with E-state index in [0.29, 0.717) is 5.88 Å². The summed E-state index contributed by atoms with van der Waals surface area (Å²) < 4.78 is 5.80. The standard InChI is InChI=1S/C21H26N4O2/c1-15(2)27-20-19(22-10-11-23-20)24-12-7-17(8-13-24)21(26)25-14-9-16-5-3-4-6-18(16)25/h3-6,10-11,15,17H,7-9,12-14H2,1-2H3. The molecule has 6 nitrogen and oxygen atoms in total. The summed E-state index contributed by atoms with van der Waals surface area (Å²) >= 11 is 0. The van der Waals surface area contributed by atoms with Crippen LogP contribution in [0.15, 0.2) is 36.7 Å². The number of anilines is 2. The van der Waals surface area contributed by atoms with Crippen molar-refractivity contribution in [2.24, 2.45) is 5.92 Å². The van der Waals surface area contributed by atoms with E-state index in [1.54, 1.807) is 12.4 Å². The van der Waals surface area contributed by atoms with Gasteiger partial charge in [0.05, 0.1) is 6.10 Å². The van der Waals surface area contributed by atoms with E-state index in [0.717, 1.165) is 50.4 Å². The Kier molecular flexibility index (Phi) is 4.97. The molecule has 3 heterocycles. The minimum Gasteiger partial charge on any atom is -0.472 e. The van der Waals surface area contributed by atoms with Crippen LogP contribution in [0.4, 0.5) is 11.5 Å². The van der Waals surface area contributed by atoms with Crippen LogP contribution < -0.4 is 14.5 Å². The van der Waals surface area contributed by atoms with Crippen LogP contribution in [0, 0.1) is 5.92 Å². The molecule has 0 N–H and O–H groups in total. The number of carbonyl (C=O) groups excluding carboxylic acids is 1. The van der Waals surface area contributed by atoms with Gasteiger partial charge in [-0.2, -0.15) is 0 Å². The second-order valence-corrected chi connectivity index (χ2v) is 7.48. The molecule has 0 spiro atoms. The fourth-order valence-electron chi connectivity index (χ4n) is 3.97. The molecule has 0 bridgehead atoms. The van der Waals surface area contributed by atoms with Gasteiger partial charge in [-0.05, 0) is 44.7 Å². The Labute approximate surface area is 160 Å². The third kappa shape index (κ3) is 3.61. The Hall–Kier alpha value is -2.63. The molecule has 1 aromatic carbocycles. The lowest BCUT2D eigenvalue weighted by Crippen LogP contribution is -2.42. The van der Waals surface area contributed by atoms with Gasteiger partial charge in [0.2, 0.25) is 5.91 Å². The first-order valence-corrected chi connectivity index (χ1v) is 9.75. The first kappa shape index (κ1) is 17.8. The van der Waals surface area contributed by atoms with E-state index < -0.39 is 0 Å². The molecule has 0 radical (unpaired) electrons. The van der Waals surface area contributed by atoms with Gasteiger partial charge in [0.15, 0.2) is 5.82 Å². The number of benzene rings is 1. The molecule has 0 atom stereocenters. The molecule has 1 fully saturated rings. The predicted molar refractivity (Wildman–Crippen MR) is 105 cm³/mol. The Bertz CT molecular complexity index is 815. The van der Waals surface area contributed by atoms with E-state index in [9.17, 15) is 4.79 Å². The molecular weight excluding hydrogens is 340 g/mol. The van der Waals surface area contributed by atoms with Crippen LogP contribution >= 0.6 is 0 Å². The fraction of sp³-hybridized carbons (Fsp3) is 0.476. The number of para-hydroxylation sites is 1. The fourth-order valence-corrected chi connectivity index (χ4v) is 3.97. The molecule has 0 unspecified atom stereocenters. The van der Waals surface area contributed by atoms with Crippen LogP contribution in [0.2, 0.25) is 0 Å². The highest BCUT2D eigenvalue weighted by Gasteiger charge is 2.33. The van der Waals surface area contributed by atoms with Gasteiger partial charge < -0.3 is 14.5 Å². The van der Waals surface area contributed by atoms with Crippen LogP contribution in [0.3, 0.4) is 0 Å². The summed E-state index contributed by atoms with van der Waals surface area (Å²) in [6.45, 7) is 6.35. The minimum absolute atomic E-state index is 0.0507. The molecule has 27 heavy (non-hydrogen) atoms. The maximum absolute atomic E-state index is 13.1. The van der Waals surface area contributed by atoms with Gasteiger partial charge in [-0.15, -0.1) is 0 Å². The van der Waals surface area contributed by atoms with Gasteiger partial charge in [-0.3, -0.25) is 4.79 Å². The van der Waals surface area contributed by atoms with Crippen molar-refractivity contribution in [3.63, 3.8) is 0 Å². The summed E-state index contributed by atoms with van der Waals surface area (Å²) in [4.78, 5) is 26.0. The second kappa shape index (κ2) is 7.55. The van der Waals surface area contributed by atoms with Crippen LogP contribution in [0.25, 0.3) is 0 Å². The molecule has 1 saturated heterocycles. The number of fused-ring (bicyclic) bond motifs is 1. The van der Waals surface area contributed by atoms with E-state index in [4.69, 9.17) is 4.74 Å². The number of carbonyl (C=O) groups is 1. The number of amides is 1. The van der Waals surface area contributed by atoms with Crippen molar-refractivity contribution in [1.29, 1.82) is 0 Å². The molecule has 0 aliphatic carbocycles. The van der Waals surface area contributed by atoms with Gasteiger partial charge >= 0.3 is 0 Å².